The predicted molar refractivity (Wildman–Crippen MR) is 98.0 cm³/mol. The van der Waals surface area contributed by atoms with Crippen molar-refractivity contribution in [1.82, 2.24) is 10.0 Å². The first-order valence-corrected chi connectivity index (χ1v) is 10.2. The van der Waals surface area contributed by atoms with E-state index < -0.39 is 32.7 Å². The van der Waals surface area contributed by atoms with Crippen molar-refractivity contribution in [3.8, 4) is 5.75 Å². The van der Waals surface area contributed by atoms with Gasteiger partial charge in [0, 0.05) is 13.1 Å². The summed E-state index contributed by atoms with van der Waals surface area (Å²) in [6.45, 7) is 4.87. The van der Waals surface area contributed by atoms with Crippen molar-refractivity contribution in [1.29, 1.82) is 0 Å². The molecule has 1 atom stereocenters. The lowest BCUT2D eigenvalue weighted by molar-refractivity contribution is 0.200. The average Bonchev–Trinajstić information content (AvgIpc) is 3.36. The Morgan fingerprint density at radius 2 is 2.00 bits per heavy atom. The zero-order valence-electron chi connectivity index (χ0n) is 15.6. The fraction of sp³-hybridized carbons (Fsp3) is 0.611. The highest BCUT2D eigenvalue weighted by molar-refractivity contribution is 7.90. The van der Waals surface area contributed by atoms with Gasteiger partial charge in [-0.05, 0) is 57.2 Å². The zero-order valence-corrected chi connectivity index (χ0v) is 16.5. The zero-order chi connectivity index (χ0) is 19.5. The number of carbonyl (C=O) groups excluding carboxylic acids is 1. The molecule has 2 rings (SSSR count). The molecule has 8 heteroatoms. The fourth-order valence-corrected chi connectivity index (χ4v) is 3.41. The summed E-state index contributed by atoms with van der Waals surface area (Å²) in [7, 11) is -2.21. The summed E-state index contributed by atoms with van der Waals surface area (Å²) in [5.41, 5.74) is 0.568. The Hall–Kier alpha value is -1.67. The number of amides is 1. The van der Waals surface area contributed by atoms with Gasteiger partial charge in [-0.1, -0.05) is 18.9 Å². The van der Waals surface area contributed by atoms with Gasteiger partial charge in [-0.15, -0.1) is 0 Å². The molecule has 1 aliphatic rings. The quantitative estimate of drug-likeness (QED) is 0.751. The first-order chi connectivity index (χ1) is 12.0. The smallest absolute Gasteiger partial charge is 0.407 e. The van der Waals surface area contributed by atoms with Gasteiger partial charge in [0.25, 0.3) is 0 Å². The minimum Gasteiger partial charge on any atom is -0.407 e. The molecule has 6 nitrogen and oxygen atoms in total. The number of hydrogen-bond acceptors (Lipinski definition) is 4. The van der Waals surface area contributed by atoms with Crippen LogP contribution in [0.4, 0.5) is 9.18 Å². The SMILES string of the molecule is CNC(=O)Oc1cc([C@H](CCC2CC2)NS(=O)(=O)C(C)(C)C)ccc1F. The van der Waals surface area contributed by atoms with E-state index in [1.165, 1.54) is 25.2 Å². The van der Waals surface area contributed by atoms with Crippen molar-refractivity contribution in [3.05, 3.63) is 29.6 Å². The van der Waals surface area contributed by atoms with Gasteiger partial charge in [0.05, 0.1) is 4.75 Å². The van der Waals surface area contributed by atoms with E-state index in [4.69, 9.17) is 4.74 Å². The molecule has 26 heavy (non-hydrogen) atoms. The number of nitrogens with one attached hydrogen (secondary N) is 2. The molecule has 2 N–H and O–H groups in total. The molecule has 1 aliphatic carbocycles. The second kappa shape index (κ2) is 7.92. The molecule has 0 radical (unpaired) electrons. The molecule has 1 saturated carbocycles. The van der Waals surface area contributed by atoms with E-state index in [9.17, 15) is 17.6 Å². The Kier molecular flexibility index (Phi) is 6.29. The highest BCUT2D eigenvalue weighted by Crippen LogP contribution is 2.37. The second-order valence-corrected chi connectivity index (χ2v) is 10.1. The Balaban J connectivity index is 2.28. The van der Waals surface area contributed by atoms with E-state index in [2.05, 4.69) is 10.0 Å². The maximum Gasteiger partial charge on any atom is 0.412 e. The molecule has 0 aromatic heterocycles. The number of hydrogen-bond donors (Lipinski definition) is 2. The van der Waals surface area contributed by atoms with Crippen molar-refractivity contribution >= 4 is 16.1 Å². The molecule has 0 saturated heterocycles. The van der Waals surface area contributed by atoms with Crippen molar-refractivity contribution < 1.29 is 22.3 Å². The van der Waals surface area contributed by atoms with E-state index in [-0.39, 0.29) is 5.75 Å². The fourth-order valence-electron chi connectivity index (χ4n) is 2.43. The van der Waals surface area contributed by atoms with Gasteiger partial charge in [-0.3, -0.25) is 0 Å². The van der Waals surface area contributed by atoms with Crippen molar-refractivity contribution in [2.24, 2.45) is 5.92 Å². The van der Waals surface area contributed by atoms with Crippen LogP contribution in [-0.4, -0.2) is 26.3 Å². The Bertz CT molecular complexity index is 755. The van der Waals surface area contributed by atoms with Crippen LogP contribution in [-0.2, 0) is 10.0 Å². The lowest BCUT2D eigenvalue weighted by atomic mass is 10.0. The van der Waals surface area contributed by atoms with Crippen LogP contribution in [0.3, 0.4) is 0 Å². The van der Waals surface area contributed by atoms with E-state index in [0.717, 1.165) is 19.3 Å². The summed E-state index contributed by atoms with van der Waals surface area (Å²) in [5, 5.41) is 2.26. The van der Waals surface area contributed by atoms with Gasteiger partial charge in [-0.25, -0.2) is 22.3 Å². The van der Waals surface area contributed by atoms with Gasteiger partial charge >= 0.3 is 6.09 Å². The molecule has 146 valence electrons. The summed E-state index contributed by atoms with van der Waals surface area (Å²) < 4.78 is 45.8. The summed E-state index contributed by atoms with van der Waals surface area (Å²) in [5.74, 6) is -0.288. The molecule has 1 aromatic carbocycles. The van der Waals surface area contributed by atoms with E-state index in [1.54, 1.807) is 20.8 Å². The van der Waals surface area contributed by atoms with Crippen molar-refractivity contribution in [2.75, 3.05) is 7.05 Å². The minimum atomic E-state index is -3.59. The molecular weight excluding hydrogens is 359 g/mol. The highest BCUT2D eigenvalue weighted by Gasteiger charge is 2.33. The Morgan fingerprint density at radius 3 is 2.54 bits per heavy atom. The molecule has 1 amide bonds. The Labute approximate surface area is 154 Å². The summed E-state index contributed by atoms with van der Waals surface area (Å²) >= 11 is 0. The number of benzene rings is 1. The lowest BCUT2D eigenvalue weighted by Gasteiger charge is -2.26. The predicted octanol–water partition coefficient (Wildman–Crippen LogP) is 3.49. The largest absolute Gasteiger partial charge is 0.412 e. The maximum absolute atomic E-state index is 13.9. The topological polar surface area (TPSA) is 84.5 Å². The lowest BCUT2D eigenvalue weighted by Crippen LogP contribution is -2.41. The van der Waals surface area contributed by atoms with E-state index >= 15 is 0 Å². The third kappa shape index (κ3) is 5.41. The second-order valence-electron chi connectivity index (χ2n) is 7.64. The third-order valence-electron chi connectivity index (χ3n) is 4.43. The molecule has 0 unspecified atom stereocenters. The summed E-state index contributed by atoms with van der Waals surface area (Å²) in [6, 6.07) is 3.58. The standard InChI is InChI=1S/C18H27FN2O4S/c1-18(2,3)26(23,24)21-15(10-7-12-5-6-12)13-8-9-14(19)16(11-13)25-17(22)20-4/h8-9,11-12,15,21H,5-7,10H2,1-4H3,(H,20,22)/t15-/m0/s1. The first-order valence-electron chi connectivity index (χ1n) is 8.74. The van der Waals surface area contributed by atoms with Crippen LogP contribution in [0.1, 0.15) is 58.1 Å². The van der Waals surface area contributed by atoms with Crippen LogP contribution in [0.5, 0.6) is 5.75 Å². The van der Waals surface area contributed by atoms with Crippen LogP contribution in [0.15, 0.2) is 18.2 Å². The average molecular weight is 386 g/mol. The minimum absolute atomic E-state index is 0.228. The van der Waals surface area contributed by atoms with Crippen LogP contribution in [0.25, 0.3) is 0 Å². The molecule has 1 fully saturated rings. The Morgan fingerprint density at radius 1 is 1.35 bits per heavy atom. The van der Waals surface area contributed by atoms with Crippen LogP contribution < -0.4 is 14.8 Å². The summed E-state index contributed by atoms with van der Waals surface area (Å²) in [4.78, 5) is 11.4. The maximum atomic E-state index is 13.9. The normalized spacial score (nSPS) is 16.2. The molecular formula is C18H27FN2O4S. The van der Waals surface area contributed by atoms with Crippen molar-refractivity contribution in [2.45, 2.75) is 57.2 Å². The summed E-state index contributed by atoms with van der Waals surface area (Å²) in [6.07, 6.45) is 3.03. The van der Waals surface area contributed by atoms with Gasteiger partial charge in [0.2, 0.25) is 10.0 Å². The number of ether oxygens (including phenoxy) is 1. The van der Waals surface area contributed by atoms with Gasteiger partial charge in [0.1, 0.15) is 0 Å². The van der Waals surface area contributed by atoms with E-state index in [1.807, 2.05) is 0 Å². The molecule has 0 spiro atoms. The first kappa shape index (κ1) is 20.6. The van der Waals surface area contributed by atoms with Crippen LogP contribution >= 0.6 is 0 Å². The van der Waals surface area contributed by atoms with Gasteiger partial charge in [-0.2, -0.15) is 0 Å². The van der Waals surface area contributed by atoms with Crippen LogP contribution in [0, 0.1) is 11.7 Å². The molecule has 0 aliphatic heterocycles. The molecule has 1 aromatic rings. The highest BCUT2D eigenvalue weighted by atomic mass is 32.2. The number of carbonyl (C=O) groups is 1. The van der Waals surface area contributed by atoms with Crippen molar-refractivity contribution in [3.63, 3.8) is 0 Å². The monoisotopic (exact) mass is 386 g/mol. The van der Waals surface area contributed by atoms with E-state index in [0.29, 0.717) is 17.9 Å². The van der Waals surface area contributed by atoms with Gasteiger partial charge < -0.3 is 10.1 Å². The number of sulfonamides is 1. The molecule has 0 heterocycles. The third-order valence-corrected chi connectivity index (χ3v) is 6.64. The number of halogens is 1. The molecule has 0 bridgehead atoms. The van der Waals surface area contributed by atoms with Gasteiger partial charge in [0.15, 0.2) is 11.6 Å². The van der Waals surface area contributed by atoms with Crippen LogP contribution in [0.2, 0.25) is 0 Å². The number of rotatable bonds is 7.